The van der Waals surface area contributed by atoms with Crippen molar-refractivity contribution < 1.29 is 14.6 Å². The highest BCUT2D eigenvalue weighted by atomic mass is 16.6. The van der Waals surface area contributed by atoms with Crippen molar-refractivity contribution in [2.24, 2.45) is 0 Å². The minimum absolute atomic E-state index is 0.388. The molecule has 1 aromatic carbocycles. The summed E-state index contributed by atoms with van der Waals surface area (Å²) in [7, 11) is 0. The van der Waals surface area contributed by atoms with Crippen LogP contribution in [0.3, 0.4) is 0 Å². The highest BCUT2D eigenvalue weighted by Gasteiger charge is 2.27. The molecule has 0 aliphatic carbocycles. The smallest absolute Gasteiger partial charge is 0.161 e. The molecule has 7 nitrogen and oxygen atoms in total. The summed E-state index contributed by atoms with van der Waals surface area (Å²) in [5.41, 5.74) is 0.866. The number of hydrogen-bond donors (Lipinski definition) is 1. The fraction of sp³-hybridized carbons (Fsp3) is 0.529. The summed E-state index contributed by atoms with van der Waals surface area (Å²) in [6.45, 7) is 3.55. The van der Waals surface area contributed by atoms with E-state index < -0.39 is 6.10 Å². The zero-order valence-electron chi connectivity index (χ0n) is 13.5. The van der Waals surface area contributed by atoms with Crippen molar-refractivity contribution in [2.45, 2.75) is 31.5 Å². The van der Waals surface area contributed by atoms with Crippen molar-refractivity contribution in [1.29, 1.82) is 0 Å². The Morgan fingerprint density at radius 3 is 2.96 bits per heavy atom. The minimum Gasteiger partial charge on any atom is -0.486 e. The first-order valence-corrected chi connectivity index (χ1v) is 8.43. The van der Waals surface area contributed by atoms with E-state index in [1.54, 1.807) is 12.7 Å². The van der Waals surface area contributed by atoms with Gasteiger partial charge in [0.05, 0.1) is 12.6 Å². The van der Waals surface area contributed by atoms with Crippen LogP contribution in [0.4, 0.5) is 0 Å². The molecule has 2 aromatic rings. The molecule has 2 aliphatic rings. The highest BCUT2D eigenvalue weighted by Crippen LogP contribution is 2.33. The van der Waals surface area contributed by atoms with Gasteiger partial charge in [-0.25, -0.2) is 4.98 Å². The predicted molar refractivity (Wildman–Crippen MR) is 87.0 cm³/mol. The van der Waals surface area contributed by atoms with Gasteiger partial charge in [0.2, 0.25) is 0 Å². The molecule has 0 saturated carbocycles. The lowest BCUT2D eigenvalue weighted by atomic mass is 10.1. The van der Waals surface area contributed by atoms with Crippen molar-refractivity contribution in [1.82, 2.24) is 19.7 Å². The van der Waals surface area contributed by atoms with E-state index in [-0.39, 0.29) is 0 Å². The number of aliphatic hydroxyl groups excluding tert-OH is 1. The Morgan fingerprint density at radius 1 is 1.25 bits per heavy atom. The van der Waals surface area contributed by atoms with E-state index in [0.29, 0.717) is 25.8 Å². The van der Waals surface area contributed by atoms with Gasteiger partial charge in [0.1, 0.15) is 25.9 Å². The van der Waals surface area contributed by atoms with Crippen LogP contribution in [-0.4, -0.2) is 57.1 Å². The van der Waals surface area contributed by atoms with Crippen LogP contribution < -0.4 is 9.47 Å². The standard InChI is InChI=1S/C17H22N4O3/c22-15(13-3-4-16-17(8-13)24-7-6-23-16)10-20-5-1-2-14(20)9-21-12-18-11-19-21/h3-4,8,11-12,14-15,22H,1-2,5-7,9-10H2/t14-,15-/m0/s1. The van der Waals surface area contributed by atoms with Gasteiger partial charge < -0.3 is 14.6 Å². The summed E-state index contributed by atoms with van der Waals surface area (Å²) in [6, 6.07) is 6.07. The average Bonchev–Trinajstić information content (AvgIpc) is 3.27. The van der Waals surface area contributed by atoms with Crippen molar-refractivity contribution in [3.63, 3.8) is 0 Å². The zero-order valence-corrected chi connectivity index (χ0v) is 13.5. The predicted octanol–water partition coefficient (Wildman–Crippen LogP) is 1.25. The maximum Gasteiger partial charge on any atom is 0.161 e. The Kier molecular flexibility index (Phi) is 4.36. The third kappa shape index (κ3) is 3.22. The van der Waals surface area contributed by atoms with Crippen LogP contribution in [0, 0.1) is 0 Å². The Hall–Kier alpha value is -2.12. The second kappa shape index (κ2) is 6.78. The van der Waals surface area contributed by atoms with Crippen LogP contribution in [0.15, 0.2) is 30.9 Å². The Labute approximate surface area is 140 Å². The molecule has 1 aromatic heterocycles. The molecule has 0 bridgehead atoms. The number of ether oxygens (including phenoxy) is 2. The number of benzene rings is 1. The van der Waals surface area contributed by atoms with Gasteiger partial charge in [0.15, 0.2) is 11.5 Å². The summed E-state index contributed by atoms with van der Waals surface area (Å²) in [5.74, 6) is 1.47. The first kappa shape index (κ1) is 15.4. The number of hydrogen-bond acceptors (Lipinski definition) is 6. The molecular weight excluding hydrogens is 308 g/mol. The summed E-state index contributed by atoms with van der Waals surface area (Å²) >= 11 is 0. The van der Waals surface area contributed by atoms with Gasteiger partial charge in [-0.2, -0.15) is 5.10 Å². The average molecular weight is 330 g/mol. The second-order valence-corrected chi connectivity index (χ2v) is 6.33. The second-order valence-electron chi connectivity index (χ2n) is 6.33. The van der Waals surface area contributed by atoms with Crippen molar-refractivity contribution in [2.75, 3.05) is 26.3 Å². The van der Waals surface area contributed by atoms with Crippen LogP contribution in [-0.2, 0) is 6.54 Å². The first-order valence-electron chi connectivity index (χ1n) is 8.43. The molecule has 7 heteroatoms. The molecule has 1 N–H and O–H groups in total. The third-order valence-electron chi connectivity index (χ3n) is 4.72. The molecule has 0 spiro atoms. The maximum atomic E-state index is 10.7. The van der Waals surface area contributed by atoms with Crippen molar-refractivity contribution in [3.05, 3.63) is 36.4 Å². The molecule has 4 rings (SSSR count). The van der Waals surface area contributed by atoms with E-state index in [0.717, 1.165) is 43.0 Å². The fourth-order valence-electron chi connectivity index (χ4n) is 3.48. The largest absolute Gasteiger partial charge is 0.486 e. The van der Waals surface area contributed by atoms with Crippen LogP contribution >= 0.6 is 0 Å². The lowest BCUT2D eigenvalue weighted by molar-refractivity contribution is 0.0996. The fourth-order valence-corrected chi connectivity index (χ4v) is 3.48. The molecule has 0 amide bonds. The van der Waals surface area contributed by atoms with E-state index in [1.807, 2.05) is 22.9 Å². The van der Waals surface area contributed by atoms with Gasteiger partial charge >= 0.3 is 0 Å². The Morgan fingerprint density at radius 2 is 2.12 bits per heavy atom. The number of aromatic nitrogens is 3. The molecule has 1 saturated heterocycles. The lowest BCUT2D eigenvalue weighted by Crippen LogP contribution is -2.36. The SMILES string of the molecule is O[C@@H](CN1CCC[C@H]1Cn1cncn1)c1ccc2c(c1)OCCO2. The first-order chi connectivity index (χ1) is 11.8. The number of nitrogens with zero attached hydrogens (tertiary/aromatic N) is 4. The zero-order chi connectivity index (χ0) is 16.4. The monoisotopic (exact) mass is 330 g/mol. The molecule has 2 aliphatic heterocycles. The molecule has 0 unspecified atom stereocenters. The van der Waals surface area contributed by atoms with E-state index in [1.165, 1.54) is 0 Å². The van der Waals surface area contributed by atoms with Gasteiger partial charge in [-0.05, 0) is 37.1 Å². The molecule has 2 atom stereocenters. The van der Waals surface area contributed by atoms with Crippen LogP contribution in [0.2, 0.25) is 0 Å². The maximum absolute atomic E-state index is 10.7. The number of fused-ring (bicyclic) bond motifs is 1. The van der Waals surface area contributed by atoms with E-state index >= 15 is 0 Å². The molecular formula is C17H22N4O3. The Balaban J connectivity index is 1.42. The molecule has 24 heavy (non-hydrogen) atoms. The van der Waals surface area contributed by atoms with Gasteiger partial charge in [-0.15, -0.1) is 0 Å². The van der Waals surface area contributed by atoms with E-state index in [9.17, 15) is 5.11 Å². The summed E-state index contributed by atoms with van der Waals surface area (Å²) in [5, 5.41) is 14.8. The van der Waals surface area contributed by atoms with Gasteiger partial charge in [-0.3, -0.25) is 9.58 Å². The molecule has 3 heterocycles. The number of likely N-dealkylation sites (tertiary alicyclic amines) is 1. The molecule has 1 fully saturated rings. The topological polar surface area (TPSA) is 72.6 Å². The van der Waals surface area contributed by atoms with E-state index in [2.05, 4.69) is 15.0 Å². The molecule has 128 valence electrons. The number of β-amino-alcohol motifs (C(OH)–C–C–N with tert-alkyl or cyclic N) is 1. The summed E-state index contributed by atoms with van der Waals surface area (Å²) < 4.78 is 13.0. The van der Waals surface area contributed by atoms with Crippen LogP contribution in [0.25, 0.3) is 0 Å². The Bertz CT molecular complexity index is 676. The van der Waals surface area contributed by atoms with E-state index in [4.69, 9.17) is 9.47 Å². The van der Waals surface area contributed by atoms with Gasteiger partial charge in [0, 0.05) is 12.6 Å². The van der Waals surface area contributed by atoms with Crippen LogP contribution in [0.1, 0.15) is 24.5 Å². The van der Waals surface area contributed by atoms with Crippen molar-refractivity contribution in [3.8, 4) is 11.5 Å². The van der Waals surface area contributed by atoms with Gasteiger partial charge in [0.25, 0.3) is 0 Å². The van der Waals surface area contributed by atoms with Gasteiger partial charge in [-0.1, -0.05) is 6.07 Å². The number of aliphatic hydroxyl groups is 1. The highest BCUT2D eigenvalue weighted by molar-refractivity contribution is 5.44. The third-order valence-corrected chi connectivity index (χ3v) is 4.72. The normalized spacial score (nSPS) is 21.8. The lowest BCUT2D eigenvalue weighted by Gasteiger charge is -2.27. The summed E-state index contributed by atoms with van der Waals surface area (Å²) in [6.07, 6.45) is 5.02. The van der Waals surface area contributed by atoms with Crippen molar-refractivity contribution >= 4 is 0 Å². The quantitative estimate of drug-likeness (QED) is 0.889. The number of rotatable bonds is 5. The summed E-state index contributed by atoms with van der Waals surface area (Å²) in [4.78, 5) is 6.33. The molecule has 0 radical (unpaired) electrons. The van der Waals surface area contributed by atoms with Crippen LogP contribution in [0.5, 0.6) is 11.5 Å². The minimum atomic E-state index is -0.544.